The topological polar surface area (TPSA) is 67.2 Å². The predicted molar refractivity (Wildman–Crippen MR) is 93.6 cm³/mol. The van der Waals surface area contributed by atoms with Crippen molar-refractivity contribution in [2.75, 3.05) is 18.1 Å². The average molecular weight is 333 g/mol. The number of nitrogens with zero attached hydrogens (tertiary/aromatic N) is 2. The molecule has 23 heavy (non-hydrogen) atoms. The highest BCUT2D eigenvalue weighted by atomic mass is 32.2. The Morgan fingerprint density at radius 1 is 1.39 bits per heavy atom. The second-order valence-electron chi connectivity index (χ2n) is 6.08. The molecule has 1 fully saturated rings. The first-order chi connectivity index (χ1) is 11.1. The van der Waals surface area contributed by atoms with Gasteiger partial charge in [-0.15, -0.1) is 0 Å². The lowest BCUT2D eigenvalue weighted by atomic mass is 9.96. The lowest BCUT2D eigenvalue weighted by molar-refractivity contribution is -0.140. The molecule has 0 saturated carbocycles. The van der Waals surface area contributed by atoms with Crippen LogP contribution in [0.4, 0.5) is 0 Å². The molecule has 0 radical (unpaired) electrons. The number of carbonyl (C=O) groups excluding carboxylic acids is 1. The standard InChI is InChI=1S/C17H23N3O2S/c1-20-14-6-3-2-5-13(14)19-15(20)7-4-10-18-16(21)17(22)8-11-23-12-9-17/h2-3,5-6,22H,4,7-12H2,1H3,(H,18,21). The highest BCUT2D eigenvalue weighted by Gasteiger charge is 2.36. The maximum atomic E-state index is 12.1. The molecule has 0 aliphatic carbocycles. The van der Waals surface area contributed by atoms with Crippen molar-refractivity contribution in [2.24, 2.45) is 7.05 Å². The van der Waals surface area contributed by atoms with Gasteiger partial charge in [-0.3, -0.25) is 4.79 Å². The summed E-state index contributed by atoms with van der Waals surface area (Å²) in [5.74, 6) is 2.50. The third-order valence-electron chi connectivity index (χ3n) is 4.49. The molecule has 0 atom stereocenters. The minimum atomic E-state index is -1.16. The van der Waals surface area contributed by atoms with Gasteiger partial charge in [0, 0.05) is 20.0 Å². The van der Waals surface area contributed by atoms with Gasteiger partial charge in [-0.1, -0.05) is 12.1 Å². The molecule has 0 unspecified atom stereocenters. The summed E-state index contributed by atoms with van der Waals surface area (Å²) in [6.07, 6.45) is 2.72. The van der Waals surface area contributed by atoms with E-state index in [0.717, 1.165) is 41.2 Å². The third kappa shape index (κ3) is 3.53. The molecule has 0 spiro atoms. The summed E-state index contributed by atoms with van der Waals surface area (Å²) >= 11 is 1.79. The molecule has 3 rings (SSSR count). The zero-order valence-electron chi connectivity index (χ0n) is 13.4. The highest BCUT2D eigenvalue weighted by Crippen LogP contribution is 2.27. The first kappa shape index (κ1) is 16.3. The summed E-state index contributed by atoms with van der Waals surface area (Å²) in [5, 5.41) is 13.2. The molecular formula is C17H23N3O2S. The van der Waals surface area contributed by atoms with Gasteiger partial charge < -0.3 is 15.0 Å². The van der Waals surface area contributed by atoms with Crippen molar-refractivity contribution in [1.29, 1.82) is 0 Å². The number of carbonyl (C=O) groups is 1. The number of rotatable bonds is 5. The van der Waals surface area contributed by atoms with Gasteiger partial charge in [0.15, 0.2) is 0 Å². The Morgan fingerprint density at radius 3 is 2.87 bits per heavy atom. The van der Waals surface area contributed by atoms with Crippen LogP contribution in [-0.4, -0.2) is 44.2 Å². The number of amides is 1. The number of aromatic nitrogens is 2. The van der Waals surface area contributed by atoms with Crippen LogP contribution in [0.2, 0.25) is 0 Å². The van der Waals surface area contributed by atoms with Gasteiger partial charge in [0.1, 0.15) is 11.4 Å². The molecule has 1 aliphatic heterocycles. The molecule has 6 heteroatoms. The SMILES string of the molecule is Cn1c(CCCNC(=O)C2(O)CCSCC2)nc2ccccc21. The number of aryl methyl sites for hydroxylation is 2. The number of benzene rings is 1. The number of imidazole rings is 1. The fourth-order valence-electron chi connectivity index (χ4n) is 2.97. The lowest BCUT2D eigenvalue weighted by Gasteiger charge is -2.30. The predicted octanol–water partition coefficient (Wildman–Crippen LogP) is 1.88. The zero-order valence-corrected chi connectivity index (χ0v) is 14.2. The van der Waals surface area contributed by atoms with Gasteiger partial charge in [0.05, 0.1) is 11.0 Å². The monoisotopic (exact) mass is 333 g/mol. The van der Waals surface area contributed by atoms with Crippen LogP contribution in [0.5, 0.6) is 0 Å². The minimum Gasteiger partial charge on any atom is -0.380 e. The minimum absolute atomic E-state index is 0.220. The molecule has 2 N–H and O–H groups in total. The average Bonchev–Trinajstić information content (AvgIpc) is 2.89. The summed E-state index contributed by atoms with van der Waals surface area (Å²) in [6.45, 7) is 0.567. The molecule has 2 heterocycles. The Hall–Kier alpha value is -1.53. The van der Waals surface area contributed by atoms with E-state index in [1.165, 1.54) is 0 Å². The fraction of sp³-hybridized carbons (Fsp3) is 0.529. The van der Waals surface area contributed by atoms with Crippen LogP contribution in [0.15, 0.2) is 24.3 Å². The van der Waals surface area contributed by atoms with Crippen molar-refractivity contribution < 1.29 is 9.90 Å². The fourth-order valence-corrected chi connectivity index (χ4v) is 4.14. The smallest absolute Gasteiger partial charge is 0.252 e. The molecule has 1 aromatic carbocycles. The summed E-state index contributed by atoms with van der Waals surface area (Å²) in [7, 11) is 2.02. The molecule has 1 amide bonds. The number of hydrogen-bond acceptors (Lipinski definition) is 4. The lowest BCUT2D eigenvalue weighted by Crippen LogP contribution is -2.49. The number of thioether (sulfide) groups is 1. The third-order valence-corrected chi connectivity index (χ3v) is 5.47. The van der Waals surface area contributed by atoms with Gasteiger partial charge in [-0.05, 0) is 42.9 Å². The van der Waals surface area contributed by atoms with Crippen molar-refractivity contribution in [3.8, 4) is 0 Å². The summed E-state index contributed by atoms with van der Waals surface area (Å²) in [6, 6.07) is 8.07. The number of nitrogens with one attached hydrogen (secondary N) is 1. The van der Waals surface area contributed by atoms with Crippen LogP contribution in [0.25, 0.3) is 11.0 Å². The van der Waals surface area contributed by atoms with Gasteiger partial charge in [0.25, 0.3) is 5.91 Å². The summed E-state index contributed by atoms with van der Waals surface area (Å²) in [4.78, 5) is 16.8. The van der Waals surface area contributed by atoms with E-state index < -0.39 is 5.60 Å². The molecule has 0 bridgehead atoms. The molecule has 1 aliphatic rings. The van der Waals surface area contributed by atoms with Crippen molar-refractivity contribution in [1.82, 2.24) is 14.9 Å². The van der Waals surface area contributed by atoms with Crippen LogP contribution in [0.1, 0.15) is 25.1 Å². The van der Waals surface area contributed by atoms with Crippen LogP contribution in [-0.2, 0) is 18.3 Å². The van der Waals surface area contributed by atoms with E-state index in [1.54, 1.807) is 11.8 Å². The van der Waals surface area contributed by atoms with Crippen LogP contribution >= 0.6 is 11.8 Å². The van der Waals surface area contributed by atoms with E-state index in [2.05, 4.69) is 20.9 Å². The second kappa shape index (κ2) is 6.93. The Kier molecular flexibility index (Phi) is 4.92. The van der Waals surface area contributed by atoms with Gasteiger partial charge in [0.2, 0.25) is 0 Å². The van der Waals surface area contributed by atoms with E-state index in [0.29, 0.717) is 19.4 Å². The Bertz CT molecular complexity index is 692. The molecule has 1 saturated heterocycles. The largest absolute Gasteiger partial charge is 0.380 e. The second-order valence-corrected chi connectivity index (χ2v) is 7.30. The Labute approximate surface area is 140 Å². The molecule has 5 nitrogen and oxygen atoms in total. The summed E-state index contributed by atoms with van der Waals surface area (Å²) in [5.41, 5.74) is 0.965. The van der Waals surface area contributed by atoms with Crippen LogP contribution in [0.3, 0.4) is 0 Å². The maximum Gasteiger partial charge on any atom is 0.252 e. The first-order valence-corrected chi connectivity index (χ1v) is 9.24. The molecular weight excluding hydrogens is 310 g/mol. The van der Waals surface area contributed by atoms with Crippen molar-refractivity contribution in [2.45, 2.75) is 31.3 Å². The van der Waals surface area contributed by atoms with E-state index in [-0.39, 0.29) is 5.91 Å². The maximum absolute atomic E-state index is 12.1. The quantitative estimate of drug-likeness (QED) is 0.820. The van der Waals surface area contributed by atoms with Crippen molar-refractivity contribution in [3.63, 3.8) is 0 Å². The molecule has 124 valence electrons. The highest BCUT2D eigenvalue weighted by molar-refractivity contribution is 7.99. The first-order valence-electron chi connectivity index (χ1n) is 8.09. The Balaban J connectivity index is 1.51. The molecule has 2 aromatic rings. The molecule has 1 aromatic heterocycles. The van der Waals surface area contributed by atoms with Crippen LogP contribution in [0, 0.1) is 0 Å². The van der Waals surface area contributed by atoms with E-state index in [9.17, 15) is 9.90 Å². The number of para-hydroxylation sites is 2. The number of fused-ring (bicyclic) bond motifs is 1. The summed E-state index contributed by atoms with van der Waals surface area (Å²) < 4.78 is 2.10. The van der Waals surface area contributed by atoms with Crippen molar-refractivity contribution >= 4 is 28.7 Å². The number of hydrogen-bond donors (Lipinski definition) is 2. The van der Waals surface area contributed by atoms with E-state index in [4.69, 9.17) is 0 Å². The van der Waals surface area contributed by atoms with Gasteiger partial charge in [-0.25, -0.2) is 4.98 Å². The van der Waals surface area contributed by atoms with Gasteiger partial charge in [-0.2, -0.15) is 11.8 Å². The Morgan fingerprint density at radius 2 is 2.13 bits per heavy atom. The van der Waals surface area contributed by atoms with E-state index >= 15 is 0 Å². The van der Waals surface area contributed by atoms with Gasteiger partial charge >= 0.3 is 0 Å². The number of aliphatic hydroxyl groups is 1. The van der Waals surface area contributed by atoms with Crippen LogP contribution < -0.4 is 5.32 Å². The normalized spacial score (nSPS) is 17.3. The van der Waals surface area contributed by atoms with E-state index in [1.807, 2.05) is 25.2 Å². The zero-order chi connectivity index (χ0) is 16.3. The van der Waals surface area contributed by atoms with Crippen molar-refractivity contribution in [3.05, 3.63) is 30.1 Å².